The van der Waals surface area contributed by atoms with Gasteiger partial charge in [0.05, 0.1) is 26.0 Å². The first-order valence-electron chi connectivity index (χ1n) is 7.15. The summed E-state index contributed by atoms with van der Waals surface area (Å²) >= 11 is 0. The smallest absolute Gasteiger partial charge is 0.213 e. The maximum Gasteiger partial charge on any atom is 0.213 e. The van der Waals surface area contributed by atoms with Crippen LogP contribution in [-0.2, 0) is 11.3 Å². The molecule has 0 bridgehead atoms. The van der Waals surface area contributed by atoms with Crippen molar-refractivity contribution in [2.75, 3.05) is 40.0 Å². The van der Waals surface area contributed by atoms with E-state index in [1.54, 1.807) is 7.11 Å². The van der Waals surface area contributed by atoms with E-state index in [0.717, 1.165) is 45.1 Å². The van der Waals surface area contributed by atoms with E-state index in [9.17, 15) is 0 Å². The van der Waals surface area contributed by atoms with Crippen LogP contribution in [0.15, 0.2) is 18.2 Å². The van der Waals surface area contributed by atoms with E-state index in [2.05, 4.69) is 29.0 Å². The van der Waals surface area contributed by atoms with E-state index in [0.29, 0.717) is 5.88 Å². The molecule has 1 aromatic rings. The number of nitrogens with zero attached hydrogens (tertiary/aromatic N) is 2. The zero-order chi connectivity index (χ0) is 14.4. The fourth-order valence-electron chi connectivity index (χ4n) is 2.45. The van der Waals surface area contributed by atoms with Crippen molar-refractivity contribution in [2.45, 2.75) is 25.9 Å². The molecule has 1 fully saturated rings. The molecule has 1 saturated heterocycles. The van der Waals surface area contributed by atoms with Crippen molar-refractivity contribution in [3.05, 3.63) is 23.9 Å². The summed E-state index contributed by atoms with van der Waals surface area (Å²) in [6.07, 6.45) is 0. The van der Waals surface area contributed by atoms with Crippen LogP contribution < -0.4 is 10.1 Å². The average molecular weight is 279 g/mol. The van der Waals surface area contributed by atoms with Crippen LogP contribution in [-0.4, -0.2) is 55.4 Å². The number of nitrogens with one attached hydrogen (secondary N) is 1. The summed E-state index contributed by atoms with van der Waals surface area (Å²) in [4.78, 5) is 6.88. The van der Waals surface area contributed by atoms with Gasteiger partial charge in [0, 0.05) is 37.8 Å². The molecule has 0 aromatic carbocycles. The molecule has 1 aliphatic heterocycles. The van der Waals surface area contributed by atoms with Crippen molar-refractivity contribution in [3.8, 4) is 5.88 Å². The van der Waals surface area contributed by atoms with Crippen molar-refractivity contribution in [1.29, 1.82) is 0 Å². The van der Waals surface area contributed by atoms with Gasteiger partial charge in [0.15, 0.2) is 0 Å². The van der Waals surface area contributed by atoms with Gasteiger partial charge in [-0.1, -0.05) is 6.07 Å². The highest BCUT2D eigenvalue weighted by Crippen LogP contribution is 2.15. The molecule has 112 valence electrons. The van der Waals surface area contributed by atoms with E-state index in [4.69, 9.17) is 9.47 Å². The van der Waals surface area contributed by atoms with Gasteiger partial charge in [-0.3, -0.25) is 4.90 Å². The second kappa shape index (κ2) is 7.02. The normalized spacial score (nSPS) is 17.1. The summed E-state index contributed by atoms with van der Waals surface area (Å²) in [7, 11) is 1.64. The van der Waals surface area contributed by atoms with Crippen molar-refractivity contribution in [2.24, 2.45) is 0 Å². The van der Waals surface area contributed by atoms with E-state index in [-0.39, 0.29) is 5.54 Å². The fraction of sp³-hybridized carbons (Fsp3) is 0.667. The summed E-state index contributed by atoms with van der Waals surface area (Å²) in [5, 5.41) is 3.49. The molecule has 0 spiro atoms. The third-order valence-electron chi connectivity index (χ3n) is 3.72. The lowest BCUT2D eigenvalue weighted by Crippen LogP contribution is -2.54. The number of hydrogen-bond acceptors (Lipinski definition) is 5. The zero-order valence-corrected chi connectivity index (χ0v) is 12.7. The lowest BCUT2D eigenvalue weighted by atomic mass is 10.0. The van der Waals surface area contributed by atoms with Crippen molar-refractivity contribution < 1.29 is 9.47 Å². The summed E-state index contributed by atoms with van der Waals surface area (Å²) in [5.74, 6) is 0.664. The van der Waals surface area contributed by atoms with E-state index in [1.807, 2.05) is 18.2 Å². The molecule has 0 aliphatic carbocycles. The molecule has 2 heterocycles. The highest BCUT2D eigenvalue weighted by atomic mass is 16.5. The maximum absolute atomic E-state index is 5.41. The number of hydrogen-bond donors (Lipinski definition) is 1. The van der Waals surface area contributed by atoms with Gasteiger partial charge in [0.2, 0.25) is 5.88 Å². The minimum Gasteiger partial charge on any atom is -0.481 e. The SMILES string of the molecule is COc1cccc(CNCC(C)(C)N2CCOCC2)n1. The van der Waals surface area contributed by atoms with Crippen molar-refractivity contribution in [3.63, 3.8) is 0 Å². The Balaban J connectivity index is 1.81. The average Bonchev–Trinajstić information content (AvgIpc) is 2.48. The van der Waals surface area contributed by atoms with Crippen molar-refractivity contribution >= 4 is 0 Å². The maximum atomic E-state index is 5.41. The first-order valence-corrected chi connectivity index (χ1v) is 7.15. The van der Waals surface area contributed by atoms with Crippen LogP contribution in [0.1, 0.15) is 19.5 Å². The number of pyridine rings is 1. The Bertz CT molecular complexity index is 417. The minimum absolute atomic E-state index is 0.128. The lowest BCUT2D eigenvalue weighted by molar-refractivity contribution is -0.00969. The Kier molecular flexibility index (Phi) is 5.34. The highest BCUT2D eigenvalue weighted by Gasteiger charge is 2.27. The van der Waals surface area contributed by atoms with Crippen LogP contribution in [0.2, 0.25) is 0 Å². The number of methoxy groups -OCH3 is 1. The standard InChI is InChI=1S/C15H25N3O2/c1-15(2,18-7-9-20-10-8-18)12-16-11-13-5-4-6-14(17-13)19-3/h4-6,16H,7-12H2,1-3H3. The van der Waals surface area contributed by atoms with Crippen molar-refractivity contribution in [1.82, 2.24) is 15.2 Å². The summed E-state index contributed by atoms with van der Waals surface area (Å²) in [6.45, 7) is 9.89. The first-order chi connectivity index (χ1) is 9.62. The van der Waals surface area contributed by atoms with Gasteiger partial charge in [-0.25, -0.2) is 4.98 Å². The molecule has 0 amide bonds. The molecule has 20 heavy (non-hydrogen) atoms. The second-order valence-electron chi connectivity index (χ2n) is 5.69. The third-order valence-corrected chi connectivity index (χ3v) is 3.72. The monoisotopic (exact) mass is 279 g/mol. The number of aromatic nitrogens is 1. The summed E-state index contributed by atoms with van der Waals surface area (Å²) in [6, 6.07) is 5.84. The predicted octanol–water partition coefficient (Wildman–Crippen LogP) is 1.29. The molecule has 0 radical (unpaired) electrons. The van der Waals surface area contributed by atoms with Crippen LogP contribution in [0, 0.1) is 0 Å². The molecule has 1 aromatic heterocycles. The molecule has 1 aliphatic rings. The highest BCUT2D eigenvalue weighted by molar-refractivity contribution is 5.15. The number of rotatable bonds is 6. The van der Waals surface area contributed by atoms with Crippen LogP contribution >= 0.6 is 0 Å². The molecule has 0 unspecified atom stereocenters. The lowest BCUT2D eigenvalue weighted by Gasteiger charge is -2.41. The summed E-state index contributed by atoms with van der Waals surface area (Å²) < 4.78 is 10.5. The van der Waals surface area contributed by atoms with Gasteiger partial charge in [0.1, 0.15) is 0 Å². The first kappa shape index (κ1) is 15.2. The Labute approximate surface area is 121 Å². The van der Waals surface area contributed by atoms with Gasteiger partial charge < -0.3 is 14.8 Å². The Hall–Kier alpha value is -1.17. The van der Waals surface area contributed by atoms with E-state index < -0.39 is 0 Å². The van der Waals surface area contributed by atoms with Gasteiger partial charge in [0.25, 0.3) is 0 Å². The predicted molar refractivity (Wildman–Crippen MR) is 79.0 cm³/mol. The molecular weight excluding hydrogens is 254 g/mol. The van der Waals surface area contributed by atoms with Crippen LogP contribution in [0.5, 0.6) is 5.88 Å². The Morgan fingerprint density at radius 2 is 2.10 bits per heavy atom. The fourth-order valence-corrected chi connectivity index (χ4v) is 2.45. The van der Waals surface area contributed by atoms with Gasteiger partial charge >= 0.3 is 0 Å². The molecule has 5 heteroatoms. The topological polar surface area (TPSA) is 46.6 Å². The number of ether oxygens (including phenoxy) is 2. The van der Waals surface area contributed by atoms with E-state index in [1.165, 1.54) is 0 Å². The van der Waals surface area contributed by atoms with E-state index >= 15 is 0 Å². The minimum atomic E-state index is 0.128. The van der Waals surface area contributed by atoms with Crippen LogP contribution in [0.3, 0.4) is 0 Å². The Morgan fingerprint density at radius 3 is 2.80 bits per heavy atom. The van der Waals surface area contributed by atoms with Crippen LogP contribution in [0.4, 0.5) is 0 Å². The molecule has 0 atom stereocenters. The zero-order valence-electron chi connectivity index (χ0n) is 12.7. The second-order valence-corrected chi connectivity index (χ2v) is 5.69. The molecular formula is C15H25N3O2. The quantitative estimate of drug-likeness (QED) is 0.850. The van der Waals surface area contributed by atoms with Gasteiger partial charge in [-0.15, -0.1) is 0 Å². The molecule has 2 rings (SSSR count). The molecule has 5 nitrogen and oxygen atoms in total. The Morgan fingerprint density at radius 1 is 1.35 bits per heavy atom. The molecule has 0 saturated carbocycles. The van der Waals surface area contributed by atoms with Gasteiger partial charge in [-0.2, -0.15) is 0 Å². The summed E-state index contributed by atoms with van der Waals surface area (Å²) in [5.41, 5.74) is 1.13. The number of morpholine rings is 1. The van der Waals surface area contributed by atoms with Gasteiger partial charge in [-0.05, 0) is 19.9 Å². The van der Waals surface area contributed by atoms with Crippen LogP contribution in [0.25, 0.3) is 0 Å². The molecule has 1 N–H and O–H groups in total. The third kappa shape index (κ3) is 4.16. The largest absolute Gasteiger partial charge is 0.481 e.